The fourth-order valence-corrected chi connectivity index (χ4v) is 2.35. The molecule has 20 heavy (non-hydrogen) atoms. The van der Waals surface area contributed by atoms with Gasteiger partial charge >= 0.3 is 5.97 Å². The van der Waals surface area contributed by atoms with E-state index in [1.165, 1.54) is 0 Å². The maximum atomic E-state index is 11.6. The number of aromatic carboxylic acids is 1. The second-order valence-electron chi connectivity index (χ2n) is 4.55. The van der Waals surface area contributed by atoms with Gasteiger partial charge in [-0.25, -0.2) is 4.79 Å². The van der Waals surface area contributed by atoms with Crippen molar-refractivity contribution in [3.8, 4) is 11.1 Å². The number of carboxylic acids is 1. The third kappa shape index (κ3) is 1.63. The smallest absolute Gasteiger partial charge is 0.358 e. The highest BCUT2D eigenvalue weighted by atomic mass is 16.5. The summed E-state index contributed by atoms with van der Waals surface area (Å²) in [7, 11) is 1.70. The molecule has 1 aliphatic heterocycles. The first-order valence-electron chi connectivity index (χ1n) is 5.87. The van der Waals surface area contributed by atoms with Gasteiger partial charge in [-0.1, -0.05) is 11.2 Å². The standard InChI is InChI=1S/C13H11N3O4/c1-16-8-3-2-6(4-7(8)5-9(16)17)10-11(13(18)19)15-20-12(10)14/h2-4H,5,14H2,1H3,(H,18,19). The number of aromatic nitrogens is 1. The number of carbonyl (C=O) groups is 2. The van der Waals surface area contributed by atoms with Gasteiger partial charge in [-0.3, -0.25) is 4.79 Å². The minimum Gasteiger partial charge on any atom is -0.476 e. The molecule has 0 aliphatic carbocycles. The highest BCUT2D eigenvalue weighted by molar-refractivity contribution is 6.02. The van der Waals surface area contributed by atoms with Crippen LogP contribution in [-0.2, 0) is 11.2 Å². The van der Waals surface area contributed by atoms with E-state index in [9.17, 15) is 9.59 Å². The molecule has 0 saturated carbocycles. The van der Waals surface area contributed by atoms with E-state index in [2.05, 4.69) is 5.16 Å². The maximum Gasteiger partial charge on any atom is 0.358 e. The number of hydrogen-bond donors (Lipinski definition) is 2. The Hall–Kier alpha value is -2.83. The van der Waals surface area contributed by atoms with Crippen LogP contribution >= 0.6 is 0 Å². The van der Waals surface area contributed by atoms with Gasteiger partial charge in [-0.05, 0) is 23.3 Å². The second-order valence-corrected chi connectivity index (χ2v) is 4.55. The van der Waals surface area contributed by atoms with Gasteiger partial charge in [0.1, 0.15) is 0 Å². The first-order valence-corrected chi connectivity index (χ1v) is 5.87. The van der Waals surface area contributed by atoms with Crippen LogP contribution in [0.25, 0.3) is 11.1 Å². The lowest BCUT2D eigenvalue weighted by atomic mass is 10.0. The van der Waals surface area contributed by atoms with Crippen LogP contribution in [0.15, 0.2) is 22.7 Å². The van der Waals surface area contributed by atoms with E-state index in [1.807, 2.05) is 0 Å². The SMILES string of the molecule is CN1C(=O)Cc2cc(-c3c(C(=O)O)noc3N)ccc21. The third-order valence-electron chi connectivity index (χ3n) is 3.37. The molecule has 7 nitrogen and oxygen atoms in total. The van der Waals surface area contributed by atoms with Crippen molar-refractivity contribution in [2.45, 2.75) is 6.42 Å². The number of rotatable bonds is 2. The molecule has 0 atom stereocenters. The summed E-state index contributed by atoms with van der Waals surface area (Å²) in [6.07, 6.45) is 0.285. The molecule has 102 valence electrons. The second kappa shape index (κ2) is 4.09. The van der Waals surface area contributed by atoms with Gasteiger partial charge in [0, 0.05) is 12.7 Å². The molecule has 0 radical (unpaired) electrons. The number of nitrogens with zero attached hydrogens (tertiary/aromatic N) is 2. The predicted molar refractivity (Wildman–Crippen MR) is 70.4 cm³/mol. The van der Waals surface area contributed by atoms with Crippen molar-refractivity contribution in [1.82, 2.24) is 5.16 Å². The lowest BCUT2D eigenvalue weighted by Gasteiger charge is -2.10. The van der Waals surface area contributed by atoms with Gasteiger partial charge < -0.3 is 20.3 Å². The minimum absolute atomic E-state index is 0.00565. The Bertz CT molecular complexity index is 735. The fourth-order valence-electron chi connectivity index (χ4n) is 2.35. The van der Waals surface area contributed by atoms with E-state index >= 15 is 0 Å². The molecule has 1 aromatic carbocycles. The molecule has 7 heteroatoms. The van der Waals surface area contributed by atoms with E-state index in [0.29, 0.717) is 5.56 Å². The first-order chi connectivity index (χ1) is 9.49. The summed E-state index contributed by atoms with van der Waals surface area (Å²) in [5, 5.41) is 12.5. The summed E-state index contributed by atoms with van der Waals surface area (Å²) in [5.74, 6) is -1.27. The number of amides is 1. The summed E-state index contributed by atoms with van der Waals surface area (Å²) in [6, 6.07) is 5.20. The van der Waals surface area contributed by atoms with Gasteiger partial charge in [0.15, 0.2) is 0 Å². The number of nitrogen functional groups attached to an aromatic ring is 1. The van der Waals surface area contributed by atoms with Gasteiger partial charge in [0.05, 0.1) is 12.0 Å². The zero-order valence-corrected chi connectivity index (χ0v) is 10.6. The van der Waals surface area contributed by atoms with Crippen LogP contribution in [0.2, 0.25) is 0 Å². The van der Waals surface area contributed by atoms with Crippen LogP contribution in [-0.4, -0.2) is 29.2 Å². The Labute approximate surface area is 113 Å². The highest BCUT2D eigenvalue weighted by Crippen LogP contribution is 2.35. The predicted octanol–water partition coefficient (Wildman–Crippen LogP) is 1.14. The first kappa shape index (κ1) is 12.2. The molecular weight excluding hydrogens is 262 g/mol. The Morgan fingerprint density at radius 3 is 2.95 bits per heavy atom. The average Bonchev–Trinajstić information content (AvgIpc) is 2.91. The quantitative estimate of drug-likeness (QED) is 0.849. The van der Waals surface area contributed by atoms with Crippen molar-refractivity contribution in [1.29, 1.82) is 0 Å². The van der Waals surface area contributed by atoms with Crippen LogP contribution in [0.3, 0.4) is 0 Å². The molecule has 1 aromatic heterocycles. The van der Waals surface area contributed by atoms with Gasteiger partial charge in [0.2, 0.25) is 17.5 Å². The van der Waals surface area contributed by atoms with E-state index < -0.39 is 5.97 Å². The lowest BCUT2D eigenvalue weighted by Crippen LogP contribution is -2.20. The zero-order valence-electron chi connectivity index (χ0n) is 10.6. The normalized spacial score (nSPS) is 13.7. The number of benzene rings is 1. The number of fused-ring (bicyclic) bond motifs is 1. The molecule has 2 heterocycles. The number of anilines is 2. The summed E-state index contributed by atoms with van der Waals surface area (Å²) in [5.41, 5.74) is 7.85. The highest BCUT2D eigenvalue weighted by Gasteiger charge is 2.27. The van der Waals surface area contributed by atoms with Crippen molar-refractivity contribution >= 4 is 23.4 Å². The Kier molecular flexibility index (Phi) is 2.50. The summed E-state index contributed by atoms with van der Waals surface area (Å²) < 4.78 is 4.74. The Morgan fingerprint density at radius 2 is 2.25 bits per heavy atom. The maximum absolute atomic E-state index is 11.6. The van der Waals surface area contributed by atoms with Crippen molar-refractivity contribution in [3.05, 3.63) is 29.5 Å². The molecule has 0 saturated heterocycles. The van der Waals surface area contributed by atoms with Gasteiger partial charge in [-0.15, -0.1) is 0 Å². The van der Waals surface area contributed by atoms with Crippen LogP contribution in [0.4, 0.5) is 11.6 Å². The van der Waals surface area contributed by atoms with Crippen molar-refractivity contribution in [2.75, 3.05) is 17.7 Å². The molecule has 0 spiro atoms. The summed E-state index contributed by atoms with van der Waals surface area (Å²) >= 11 is 0. The van der Waals surface area contributed by atoms with Crippen LogP contribution in [0, 0.1) is 0 Å². The molecule has 3 N–H and O–H groups in total. The molecule has 0 bridgehead atoms. The summed E-state index contributed by atoms with van der Waals surface area (Å²) in [4.78, 5) is 24.3. The topological polar surface area (TPSA) is 110 Å². The Balaban J connectivity index is 2.14. The average molecular weight is 273 g/mol. The number of carbonyl (C=O) groups excluding carboxylic acids is 1. The Morgan fingerprint density at radius 1 is 1.50 bits per heavy atom. The van der Waals surface area contributed by atoms with Gasteiger partial charge in [0.25, 0.3) is 0 Å². The summed E-state index contributed by atoms with van der Waals surface area (Å²) in [6.45, 7) is 0. The van der Waals surface area contributed by atoms with Crippen molar-refractivity contribution < 1.29 is 19.2 Å². The largest absolute Gasteiger partial charge is 0.476 e. The van der Waals surface area contributed by atoms with E-state index in [4.69, 9.17) is 15.4 Å². The molecule has 1 aliphatic rings. The van der Waals surface area contributed by atoms with E-state index in [1.54, 1.807) is 30.1 Å². The van der Waals surface area contributed by atoms with Crippen molar-refractivity contribution in [2.24, 2.45) is 0 Å². The van der Waals surface area contributed by atoms with Crippen LogP contribution in [0.1, 0.15) is 16.1 Å². The molecular formula is C13H11N3O4. The zero-order chi connectivity index (χ0) is 14.4. The number of carboxylic acid groups (broad SMARTS) is 1. The van der Waals surface area contributed by atoms with E-state index in [0.717, 1.165) is 11.3 Å². The van der Waals surface area contributed by atoms with E-state index in [-0.39, 0.29) is 29.5 Å². The van der Waals surface area contributed by atoms with Crippen molar-refractivity contribution in [3.63, 3.8) is 0 Å². The minimum atomic E-state index is -1.21. The fraction of sp³-hybridized carbons (Fsp3) is 0.154. The molecule has 3 rings (SSSR count). The monoisotopic (exact) mass is 273 g/mol. The third-order valence-corrected chi connectivity index (χ3v) is 3.37. The lowest BCUT2D eigenvalue weighted by molar-refractivity contribution is -0.117. The number of likely N-dealkylation sites (N-methyl/N-ethyl adjacent to an activating group) is 1. The van der Waals surface area contributed by atoms with Gasteiger partial charge in [-0.2, -0.15) is 0 Å². The van der Waals surface area contributed by atoms with Crippen LogP contribution < -0.4 is 10.6 Å². The molecule has 0 fully saturated rings. The molecule has 0 unspecified atom stereocenters. The molecule has 2 aromatic rings. The number of nitrogens with two attached hydrogens (primary N) is 1. The van der Waals surface area contributed by atoms with Crippen LogP contribution in [0.5, 0.6) is 0 Å². The molecule has 1 amide bonds. The number of hydrogen-bond acceptors (Lipinski definition) is 5.